The molecule has 0 aromatic heterocycles. The summed E-state index contributed by atoms with van der Waals surface area (Å²) < 4.78 is 0. The standard InChI is InChI=1S/C10H19ClN2O2/c1-4-5-13(7-9(14)12-3)10(15)8(2)6-11/h8H,4-7H2,1-3H3,(H,12,14). The van der Waals surface area contributed by atoms with E-state index in [1.54, 1.807) is 18.9 Å². The van der Waals surface area contributed by atoms with Gasteiger partial charge in [0.1, 0.15) is 0 Å². The van der Waals surface area contributed by atoms with E-state index >= 15 is 0 Å². The highest BCUT2D eigenvalue weighted by molar-refractivity contribution is 6.19. The Morgan fingerprint density at radius 2 is 2.07 bits per heavy atom. The number of alkyl halides is 1. The van der Waals surface area contributed by atoms with Crippen LogP contribution in [0.3, 0.4) is 0 Å². The van der Waals surface area contributed by atoms with Gasteiger partial charge in [-0.05, 0) is 6.42 Å². The number of carbonyl (C=O) groups excluding carboxylic acids is 2. The second-order valence-electron chi connectivity index (χ2n) is 3.49. The van der Waals surface area contributed by atoms with Crippen LogP contribution in [0.1, 0.15) is 20.3 Å². The second kappa shape index (κ2) is 7.51. The molecule has 0 fully saturated rings. The van der Waals surface area contributed by atoms with E-state index in [1.165, 1.54) is 0 Å². The van der Waals surface area contributed by atoms with Crippen molar-refractivity contribution in [2.75, 3.05) is 26.0 Å². The lowest BCUT2D eigenvalue weighted by Crippen LogP contribution is -2.42. The van der Waals surface area contributed by atoms with Crippen LogP contribution in [0.15, 0.2) is 0 Å². The Balaban J connectivity index is 4.37. The summed E-state index contributed by atoms with van der Waals surface area (Å²) in [6.45, 7) is 4.44. The molecule has 0 rings (SSSR count). The van der Waals surface area contributed by atoms with Gasteiger partial charge in [-0.15, -0.1) is 11.6 Å². The Bertz CT molecular complexity index is 221. The van der Waals surface area contributed by atoms with Crippen molar-refractivity contribution >= 4 is 23.4 Å². The van der Waals surface area contributed by atoms with Crippen LogP contribution >= 0.6 is 11.6 Å². The lowest BCUT2D eigenvalue weighted by molar-refractivity contribution is -0.138. The molecule has 0 aromatic carbocycles. The van der Waals surface area contributed by atoms with E-state index in [4.69, 9.17) is 11.6 Å². The first-order chi connectivity index (χ1) is 7.06. The molecule has 0 bridgehead atoms. The third-order valence-electron chi connectivity index (χ3n) is 2.07. The van der Waals surface area contributed by atoms with Gasteiger partial charge in [-0.3, -0.25) is 9.59 Å². The van der Waals surface area contributed by atoms with Gasteiger partial charge in [0.2, 0.25) is 11.8 Å². The maximum Gasteiger partial charge on any atom is 0.239 e. The summed E-state index contributed by atoms with van der Waals surface area (Å²) in [4.78, 5) is 24.5. The molecule has 0 spiro atoms. The molecule has 0 aliphatic heterocycles. The Kier molecular flexibility index (Phi) is 7.13. The number of halogens is 1. The molecule has 1 N–H and O–H groups in total. The minimum absolute atomic E-state index is 0.0598. The molecule has 1 unspecified atom stereocenters. The third kappa shape index (κ3) is 5.02. The fraction of sp³-hybridized carbons (Fsp3) is 0.800. The van der Waals surface area contributed by atoms with Crippen LogP contribution in [-0.2, 0) is 9.59 Å². The van der Waals surface area contributed by atoms with Gasteiger partial charge in [0.05, 0.1) is 6.54 Å². The van der Waals surface area contributed by atoms with Crippen molar-refractivity contribution in [2.45, 2.75) is 20.3 Å². The zero-order valence-electron chi connectivity index (χ0n) is 9.55. The first kappa shape index (κ1) is 14.2. The van der Waals surface area contributed by atoms with Gasteiger partial charge in [0.15, 0.2) is 0 Å². The summed E-state index contributed by atoms with van der Waals surface area (Å²) in [5.41, 5.74) is 0. The van der Waals surface area contributed by atoms with Gasteiger partial charge in [-0.2, -0.15) is 0 Å². The van der Waals surface area contributed by atoms with Crippen molar-refractivity contribution in [2.24, 2.45) is 5.92 Å². The van der Waals surface area contributed by atoms with Gasteiger partial charge < -0.3 is 10.2 Å². The van der Waals surface area contributed by atoms with Crippen LogP contribution in [0.2, 0.25) is 0 Å². The number of nitrogens with one attached hydrogen (secondary N) is 1. The third-order valence-corrected chi connectivity index (χ3v) is 2.53. The minimum atomic E-state index is -0.233. The smallest absolute Gasteiger partial charge is 0.239 e. The average Bonchev–Trinajstić information content (AvgIpc) is 2.26. The first-order valence-corrected chi connectivity index (χ1v) is 5.65. The van der Waals surface area contributed by atoms with Crippen LogP contribution in [0.4, 0.5) is 0 Å². The van der Waals surface area contributed by atoms with Crippen LogP contribution in [0, 0.1) is 5.92 Å². The monoisotopic (exact) mass is 234 g/mol. The number of rotatable bonds is 6. The molecule has 88 valence electrons. The van der Waals surface area contributed by atoms with E-state index in [-0.39, 0.29) is 30.2 Å². The summed E-state index contributed by atoms with van der Waals surface area (Å²) in [7, 11) is 1.56. The quantitative estimate of drug-likeness (QED) is 0.693. The Hall–Kier alpha value is -0.770. The molecule has 4 nitrogen and oxygen atoms in total. The average molecular weight is 235 g/mol. The van der Waals surface area contributed by atoms with Gasteiger partial charge in [-0.1, -0.05) is 13.8 Å². The summed E-state index contributed by atoms with van der Waals surface area (Å²) in [6, 6.07) is 0. The molecule has 0 heterocycles. The molecule has 0 aromatic rings. The number of carbonyl (C=O) groups is 2. The highest BCUT2D eigenvalue weighted by atomic mass is 35.5. The predicted molar refractivity (Wildman–Crippen MR) is 60.8 cm³/mol. The minimum Gasteiger partial charge on any atom is -0.358 e. The number of hydrogen-bond acceptors (Lipinski definition) is 2. The first-order valence-electron chi connectivity index (χ1n) is 5.12. The Labute approximate surface area is 96.0 Å². The van der Waals surface area contributed by atoms with E-state index in [0.717, 1.165) is 6.42 Å². The van der Waals surface area contributed by atoms with E-state index < -0.39 is 0 Å². The molecule has 5 heteroatoms. The topological polar surface area (TPSA) is 49.4 Å². The van der Waals surface area contributed by atoms with Gasteiger partial charge in [0.25, 0.3) is 0 Å². The van der Waals surface area contributed by atoms with E-state index in [9.17, 15) is 9.59 Å². The molecule has 0 saturated heterocycles. The molecule has 15 heavy (non-hydrogen) atoms. The largest absolute Gasteiger partial charge is 0.358 e. The van der Waals surface area contributed by atoms with Crippen molar-refractivity contribution in [1.29, 1.82) is 0 Å². The fourth-order valence-electron chi connectivity index (χ4n) is 1.17. The molecule has 0 aliphatic carbocycles. The summed E-state index contributed by atoms with van der Waals surface area (Å²) >= 11 is 5.61. The highest BCUT2D eigenvalue weighted by Gasteiger charge is 2.20. The molecule has 0 radical (unpaired) electrons. The number of likely N-dealkylation sites (N-methyl/N-ethyl adjacent to an activating group) is 1. The van der Waals surface area contributed by atoms with Gasteiger partial charge in [-0.25, -0.2) is 0 Å². The van der Waals surface area contributed by atoms with Crippen LogP contribution in [-0.4, -0.2) is 42.7 Å². The van der Waals surface area contributed by atoms with Crippen molar-refractivity contribution < 1.29 is 9.59 Å². The fourth-order valence-corrected chi connectivity index (χ4v) is 1.30. The summed E-state index contributed by atoms with van der Waals surface area (Å²) in [5, 5.41) is 2.50. The van der Waals surface area contributed by atoms with Crippen LogP contribution in [0.25, 0.3) is 0 Å². The molecular weight excluding hydrogens is 216 g/mol. The van der Waals surface area contributed by atoms with E-state index in [0.29, 0.717) is 6.54 Å². The van der Waals surface area contributed by atoms with E-state index in [1.807, 2.05) is 6.92 Å². The maximum absolute atomic E-state index is 11.8. The second-order valence-corrected chi connectivity index (χ2v) is 3.80. The SMILES string of the molecule is CCCN(CC(=O)NC)C(=O)C(C)CCl. The summed E-state index contributed by atoms with van der Waals surface area (Å²) in [5.74, 6) is -0.163. The molecule has 0 saturated carbocycles. The zero-order valence-corrected chi connectivity index (χ0v) is 10.3. The van der Waals surface area contributed by atoms with Gasteiger partial charge >= 0.3 is 0 Å². The van der Waals surface area contributed by atoms with Crippen molar-refractivity contribution in [3.05, 3.63) is 0 Å². The highest BCUT2D eigenvalue weighted by Crippen LogP contribution is 2.05. The summed E-state index contributed by atoms with van der Waals surface area (Å²) in [6.07, 6.45) is 0.831. The molecule has 1 atom stereocenters. The molecule has 0 aliphatic rings. The zero-order chi connectivity index (χ0) is 11.8. The lowest BCUT2D eigenvalue weighted by atomic mass is 10.2. The molecule has 2 amide bonds. The number of hydrogen-bond donors (Lipinski definition) is 1. The predicted octanol–water partition coefficient (Wildman–Crippen LogP) is 0.846. The van der Waals surface area contributed by atoms with Crippen molar-refractivity contribution in [1.82, 2.24) is 10.2 Å². The number of nitrogens with zero attached hydrogens (tertiary/aromatic N) is 1. The van der Waals surface area contributed by atoms with Crippen LogP contribution in [0.5, 0.6) is 0 Å². The van der Waals surface area contributed by atoms with Crippen LogP contribution < -0.4 is 5.32 Å². The molecular formula is C10H19ClN2O2. The van der Waals surface area contributed by atoms with Crippen molar-refractivity contribution in [3.8, 4) is 0 Å². The van der Waals surface area contributed by atoms with E-state index in [2.05, 4.69) is 5.32 Å². The van der Waals surface area contributed by atoms with Crippen molar-refractivity contribution in [3.63, 3.8) is 0 Å². The Morgan fingerprint density at radius 3 is 2.47 bits per heavy atom. The maximum atomic E-state index is 11.8. The van der Waals surface area contributed by atoms with Gasteiger partial charge in [0, 0.05) is 25.4 Å². The normalized spacial score (nSPS) is 12.0. The lowest BCUT2D eigenvalue weighted by Gasteiger charge is -2.23. The Morgan fingerprint density at radius 1 is 1.47 bits per heavy atom. The number of amides is 2.